The molecule has 7 heteroatoms. The summed E-state index contributed by atoms with van der Waals surface area (Å²) in [5, 5.41) is 22.8. The molecule has 20 heavy (non-hydrogen) atoms. The number of rotatable bonds is 5. The molecule has 0 saturated carbocycles. The summed E-state index contributed by atoms with van der Waals surface area (Å²) in [6.07, 6.45) is 0.909. The molecule has 2 aromatic rings. The molecule has 2 aromatic heterocycles. The zero-order valence-corrected chi connectivity index (χ0v) is 12.4. The van der Waals surface area contributed by atoms with E-state index < -0.39 is 12.1 Å². The van der Waals surface area contributed by atoms with E-state index in [2.05, 4.69) is 15.3 Å². The van der Waals surface area contributed by atoms with Crippen molar-refractivity contribution >= 4 is 33.3 Å². The molecule has 1 unspecified atom stereocenters. The fraction of sp³-hybridized carbons (Fsp3) is 0.462. The van der Waals surface area contributed by atoms with E-state index in [4.69, 9.17) is 5.11 Å². The highest BCUT2D eigenvalue weighted by molar-refractivity contribution is 7.20. The number of aromatic nitrogens is 2. The van der Waals surface area contributed by atoms with Crippen molar-refractivity contribution in [3.05, 3.63) is 16.8 Å². The van der Waals surface area contributed by atoms with E-state index in [1.165, 1.54) is 6.33 Å². The summed E-state index contributed by atoms with van der Waals surface area (Å²) in [5.74, 6) is -0.257. The highest BCUT2D eigenvalue weighted by atomic mass is 32.1. The molecule has 0 aliphatic rings. The molecule has 108 valence electrons. The number of carboxylic acids is 1. The highest BCUT2D eigenvalue weighted by Crippen LogP contribution is 2.33. The third-order valence-electron chi connectivity index (χ3n) is 3.17. The number of aromatic carboxylic acids is 1. The Morgan fingerprint density at radius 2 is 2.15 bits per heavy atom. The Kier molecular flexibility index (Phi) is 4.20. The van der Waals surface area contributed by atoms with E-state index in [1.807, 2.05) is 13.8 Å². The van der Waals surface area contributed by atoms with Gasteiger partial charge in [0.1, 0.15) is 21.9 Å². The van der Waals surface area contributed by atoms with Crippen LogP contribution in [0.3, 0.4) is 0 Å². The Morgan fingerprint density at radius 3 is 2.75 bits per heavy atom. The van der Waals surface area contributed by atoms with Crippen molar-refractivity contribution in [1.82, 2.24) is 9.97 Å². The molecule has 0 aliphatic carbocycles. The van der Waals surface area contributed by atoms with E-state index in [0.29, 0.717) is 28.1 Å². The van der Waals surface area contributed by atoms with Gasteiger partial charge in [0, 0.05) is 6.54 Å². The maximum Gasteiger partial charge on any atom is 0.346 e. The van der Waals surface area contributed by atoms with Crippen molar-refractivity contribution in [2.24, 2.45) is 5.92 Å². The zero-order chi connectivity index (χ0) is 14.9. The minimum atomic E-state index is -0.960. The minimum Gasteiger partial charge on any atom is -0.477 e. The van der Waals surface area contributed by atoms with Crippen LogP contribution in [0.15, 0.2) is 6.33 Å². The summed E-state index contributed by atoms with van der Waals surface area (Å²) in [6, 6.07) is 0. The van der Waals surface area contributed by atoms with Crippen molar-refractivity contribution in [1.29, 1.82) is 0 Å². The van der Waals surface area contributed by atoms with Gasteiger partial charge in [-0.1, -0.05) is 13.8 Å². The number of anilines is 1. The van der Waals surface area contributed by atoms with Crippen LogP contribution in [0.5, 0.6) is 0 Å². The van der Waals surface area contributed by atoms with Crippen LogP contribution in [0.1, 0.15) is 29.1 Å². The third kappa shape index (κ3) is 2.73. The molecule has 0 aliphatic heterocycles. The monoisotopic (exact) mass is 295 g/mol. The Bertz CT molecular complexity index is 639. The lowest BCUT2D eigenvalue weighted by Gasteiger charge is -2.15. The first kappa shape index (κ1) is 14.7. The summed E-state index contributed by atoms with van der Waals surface area (Å²) >= 11 is 1.13. The van der Waals surface area contributed by atoms with Crippen molar-refractivity contribution in [2.45, 2.75) is 26.9 Å². The second-order valence-electron chi connectivity index (χ2n) is 4.96. The van der Waals surface area contributed by atoms with Crippen LogP contribution in [0.2, 0.25) is 0 Å². The molecule has 1 atom stereocenters. The molecule has 0 bridgehead atoms. The number of aliphatic hydroxyl groups excluding tert-OH is 1. The summed E-state index contributed by atoms with van der Waals surface area (Å²) in [4.78, 5) is 20.3. The van der Waals surface area contributed by atoms with Crippen LogP contribution in [0.4, 0.5) is 5.82 Å². The molecular weight excluding hydrogens is 278 g/mol. The first-order valence-corrected chi connectivity index (χ1v) is 7.12. The maximum atomic E-state index is 11.2. The van der Waals surface area contributed by atoms with Gasteiger partial charge < -0.3 is 15.5 Å². The number of nitrogens with one attached hydrogen (secondary N) is 1. The number of carboxylic acid groups (broad SMARTS) is 1. The number of nitrogens with zero attached hydrogens (tertiary/aromatic N) is 2. The van der Waals surface area contributed by atoms with Crippen LogP contribution in [0.25, 0.3) is 10.2 Å². The molecule has 2 rings (SSSR count). The van der Waals surface area contributed by atoms with Gasteiger partial charge in [-0.3, -0.25) is 0 Å². The minimum absolute atomic E-state index is 0.137. The van der Waals surface area contributed by atoms with E-state index in [0.717, 1.165) is 11.3 Å². The Labute approximate surface area is 120 Å². The second kappa shape index (κ2) is 5.72. The van der Waals surface area contributed by atoms with Gasteiger partial charge in [-0.15, -0.1) is 11.3 Å². The molecular formula is C13H17N3O3S. The van der Waals surface area contributed by atoms with Gasteiger partial charge in [0.25, 0.3) is 0 Å². The van der Waals surface area contributed by atoms with Gasteiger partial charge in [-0.2, -0.15) is 0 Å². The lowest BCUT2D eigenvalue weighted by Crippen LogP contribution is -2.25. The second-order valence-corrected chi connectivity index (χ2v) is 5.96. The molecule has 0 fully saturated rings. The predicted octanol–water partition coefficient (Wildman–Crippen LogP) is 2.13. The molecule has 2 heterocycles. The number of hydrogen-bond acceptors (Lipinski definition) is 6. The molecule has 0 radical (unpaired) electrons. The molecule has 0 amide bonds. The topological polar surface area (TPSA) is 95.3 Å². The number of aryl methyl sites for hydroxylation is 1. The normalized spacial score (nSPS) is 12.8. The van der Waals surface area contributed by atoms with Gasteiger partial charge in [-0.05, 0) is 18.4 Å². The lowest BCUT2D eigenvalue weighted by molar-refractivity contribution is 0.0701. The van der Waals surface area contributed by atoms with Crippen LogP contribution in [-0.4, -0.2) is 38.8 Å². The number of fused-ring (bicyclic) bond motifs is 1. The van der Waals surface area contributed by atoms with E-state index in [1.54, 1.807) is 6.92 Å². The fourth-order valence-corrected chi connectivity index (χ4v) is 2.83. The molecule has 6 nitrogen and oxygen atoms in total. The van der Waals surface area contributed by atoms with Gasteiger partial charge >= 0.3 is 5.97 Å². The zero-order valence-electron chi connectivity index (χ0n) is 11.5. The van der Waals surface area contributed by atoms with Crippen molar-refractivity contribution in [3.8, 4) is 0 Å². The number of hydrogen-bond donors (Lipinski definition) is 3. The van der Waals surface area contributed by atoms with Crippen molar-refractivity contribution in [3.63, 3.8) is 0 Å². The molecule has 3 N–H and O–H groups in total. The third-order valence-corrected chi connectivity index (χ3v) is 4.36. The van der Waals surface area contributed by atoms with Gasteiger partial charge in [0.2, 0.25) is 0 Å². The Hall–Kier alpha value is -1.73. The first-order valence-electron chi connectivity index (χ1n) is 6.31. The highest BCUT2D eigenvalue weighted by Gasteiger charge is 2.19. The van der Waals surface area contributed by atoms with Crippen molar-refractivity contribution < 1.29 is 15.0 Å². The van der Waals surface area contributed by atoms with Gasteiger partial charge in [-0.25, -0.2) is 14.8 Å². The first-order chi connectivity index (χ1) is 9.41. The number of aliphatic hydroxyl groups is 1. The standard InChI is InChI=1S/C13H17N3O3S/c1-6(2)8(17)4-14-11-9-7(3)10(13(18)19)20-12(9)16-5-15-11/h5-6,8,17H,4H2,1-3H3,(H,18,19)(H,14,15,16). The van der Waals surface area contributed by atoms with Crippen LogP contribution >= 0.6 is 11.3 Å². The largest absolute Gasteiger partial charge is 0.477 e. The molecule has 0 saturated heterocycles. The Morgan fingerprint density at radius 1 is 1.45 bits per heavy atom. The van der Waals surface area contributed by atoms with Gasteiger partial charge in [0.15, 0.2) is 0 Å². The fourth-order valence-electron chi connectivity index (χ4n) is 1.85. The van der Waals surface area contributed by atoms with E-state index >= 15 is 0 Å². The smallest absolute Gasteiger partial charge is 0.346 e. The van der Waals surface area contributed by atoms with E-state index in [9.17, 15) is 9.90 Å². The average molecular weight is 295 g/mol. The maximum absolute atomic E-state index is 11.2. The summed E-state index contributed by atoms with van der Waals surface area (Å²) in [5.41, 5.74) is 0.652. The Balaban J connectivity index is 2.36. The lowest BCUT2D eigenvalue weighted by atomic mass is 10.1. The predicted molar refractivity (Wildman–Crippen MR) is 78.4 cm³/mol. The van der Waals surface area contributed by atoms with Crippen LogP contribution < -0.4 is 5.32 Å². The summed E-state index contributed by atoms with van der Waals surface area (Å²) < 4.78 is 0. The molecule has 0 aromatic carbocycles. The number of carbonyl (C=O) groups is 1. The number of thiophene rings is 1. The van der Waals surface area contributed by atoms with Gasteiger partial charge in [0.05, 0.1) is 11.5 Å². The summed E-state index contributed by atoms with van der Waals surface area (Å²) in [7, 11) is 0. The summed E-state index contributed by atoms with van der Waals surface area (Å²) in [6.45, 7) is 5.97. The van der Waals surface area contributed by atoms with Crippen molar-refractivity contribution in [2.75, 3.05) is 11.9 Å². The average Bonchev–Trinajstić information content (AvgIpc) is 2.74. The quantitative estimate of drug-likeness (QED) is 0.782. The van der Waals surface area contributed by atoms with Crippen LogP contribution in [0, 0.1) is 12.8 Å². The van der Waals surface area contributed by atoms with Crippen LogP contribution in [-0.2, 0) is 0 Å². The molecule has 0 spiro atoms. The SMILES string of the molecule is Cc1c(C(=O)O)sc2ncnc(NCC(O)C(C)C)c12. The van der Waals surface area contributed by atoms with E-state index in [-0.39, 0.29) is 10.8 Å².